The molecule has 0 saturated heterocycles. The van der Waals surface area contributed by atoms with Gasteiger partial charge in [-0.05, 0) is 24.8 Å². The van der Waals surface area contributed by atoms with E-state index in [1.807, 2.05) is 44.2 Å². The van der Waals surface area contributed by atoms with E-state index in [4.69, 9.17) is 4.74 Å². The first-order chi connectivity index (χ1) is 11.8. The van der Waals surface area contributed by atoms with E-state index in [0.717, 1.165) is 5.56 Å². The molecule has 25 heavy (non-hydrogen) atoms. The molecule has 1 rings (SSSR count). The second-order valence-electron chi connectivity index (χ2n) is 6.22. The number of ether oxygens (including phenoxy) is 1. The van der Waals surface area contributed by atoms with Crippen LogP contribution >= 0.6 is 15.9 Å². The molecule has 2 N–H and O–H groups in total. The van der Waals surface area contributed by atoms with Gasteiger partial charge < -0.3 is 15.4 Å². The van der Waals surface area contributed by atoms with Gasteiger partial charge in [0.2, 0.25) is 5.91 Å². The molecular weight excluding hydrogens is 388 g/mol. The average Bonchev–Trinajstić information content (AvgIpc) is 2.59. The maximum absolute atomic E-state index is 12.4. The van der Waals surface area contributed by atoms with Crippen LogP contribution in [0.5, 0.6) is 0 Å². The first kappa shape index (κ1) is 21.2. The van der Waals surface area contributed by atoms with Gasteiger partial charge in [0.1, 0.15) is 12.6 Å². The molecule has 0 aliphatic heterocycles. The van der Waals surface area contributed by atoms with E-state index in [2.05, 4.69) is 26.6 Å². The van der Waals surface area contributed by atoms with E-state index in [1.54, 1.807) is 6.92 Å². The molecule has 2 amide bonds. The summed E-state index contributed by atoms with van der Waals surface area (Å²) in [7, 11) is 0. The first-order valence-electron chi connectivity index (χ1n) is 8.19. The molecule has 2 atom stereocenters. The first-order valence-corrected chi connectivity index (χ1v) is 9.31. The van der Waals surface area contributed by atoms with E-state index in [-0.39, 0.29) is 23.6 Å². The van der Waals surface area contributed by atoms with Crippen LogP contribution in [0.1, 0.15) is 32.8 Å². The number of carbonyl (C=O) groups is 3. The Kier molecular flexibility index (Phi) is 9.20. The van der Waals surface area contributed by atoms with Gasteiger partial charge in [-0.2, -0.15) is 0 Å². The summed E-state index contributed by atoms with van der Waals surface area (Å²) in [6.07, 6.45) is -0.217. The maximum atomic E-state index is 12.4. The highest BCUT2D eigenvalue weighted by atomic mass is 79.9. The fourth-order valence-electron chi connectivity index (χ4n) is 2.12. The van der Waals surface area contributed by atoms with Crippen LogP contribution in [0.3, 0.4) is 0 Å². The van der Waals surface area contributed by atoms with Gasteiger partial charge in [0.25, 0.3) is 0 Å². The van der Waals surface area contributed by atoms with Gasteiger partial charge in [-0.1, -0.05) is 60.1 Å². The summed E-state index contributed by atoms with van der Waals surface area (Å²) in [5.41, 5.74) is 0.860. The number of hydrogen-bond donors (Lipinski definition) is 2. The van der Waals surface area contributed by atoms with Crippen molar-refractivity contribution in [3.63, 3.8) is 0 Å². The molecule has 0 radical (unpaired) electrons. The quantitative estimate of drug-likeness (QED) is 0.610. The minimum Gasteiger partial charge on any atom is -0.445 e. The molecule has 0 heterocycles. The predicted molar refractivity (Wildman–Crippen MR) is 99.4 cm³/mol. The van der Waals surface area contributed by atoms with Crippen molar-refractivity contribution in [3.05, 3.63) is 35.9 Å². The average molecular weight is 413 g/mol. The number of nitrogens with one attached hydrogen (secondary N) is 2. The molecular formula is C18H25BrN2O4. The number of amides is 2. The van der Waals surface area contributed by atoms with Crippen molar-refractivity contribution in [3.8, 4) is 0 Å². The minimum absolute atomic E-state index is 0.126. The van der Waals surface area contributed by atoms with Crippen molar-refractivity contribution >= 4 is 33.7 Å². The second-order valence-corrected chi connectivity index (χ2v) is 6.78. The van der Waals surface area contributed by atoms with E-state index in [0.29, 0.717) is 6.42 Å². The largest absolute Gasteiger partial charge is 0.445 e. The molecule has 0 bridgehead atoms. The molecule has 0 unspecified atom stereocenters. The summed E-state index contributed by atoms with van der Waals surface area (Å²) in [6.45, 7) is 5.64. The molecule has 0 aliphatic carbocycles. The molecule has 0 saturated carbocycles. The lowest BCUT2D eigenvalue weighted by molar-refractivity contribution is -0.127. The third-order valence-corrected chi connectivity index (χ3v) is 4.05. The number of alkyl halides is 1. The Morgan fingerprint density at radius 3 is 2.28 bits per heavy atom. The Morgan fingerprint density at radius 1 is 1.08 bits per heavy atom. The minimum atomic E-state index is -0.756. The molecule has 7 heteroatoms. The van der Waals surface area contributed by atoms with Crippen LogP contribution in [0.15, 0.2) is 30.3 Å². The molecule has 0 aromatic heterocycles. The number of carbonyl (C=O) groups excluding carboxylic acids is 3. The topological polar surface area (TPSA) is 84.5 Å². The van der Waals surface area contributed by atoms with Gasteiger partial charge in [-0.25, -0.2) is 4.79 Å². The van der Waals surface area contributed by atoms with E-state index < -0.39 is 24.1 Å². The fourth-order valence-corrected chi connectivity index (χ4v) is 2.61. The number of Topliss-reactive ketones (excluding diaryl/α,β-unsaturated/α-hetero) is 1. The lowest BCUT2D eigenvalue weighted by Gasteiger charge is -2.22. The van der Waals surface area contributed by atoms with Crippen LogP contribution in [0.4, 0.5) is 4.79 Å². The van der Waals surface area contributed by atoms with E-state index in [1.165, 1.54) is 0 Å². The lowest BCUT2D eigenvalue weighted by Crippen LogP contribution is -2.51. The van der Waals surface area contributed by atoms with Crippen molar-refractivity contribution < 1.29 is 19.1 Å². The third-order valence-electron chi connectivity index (χ3n) is 3.50. The van der Waals surface area contributed by atoms with Crippen LogP contribution in [0.2, 0.25) is 0 Å². The summed E-state index contributed by atoms with van der Waals surface area (Å²) in [5.74, 6) is -0.345. The Bertz CT molecular complexity index is 578. The van der Waals surface area contributed by atoms with Crippen LogP contribution in [-0.4, -0.2) is 35.2 Å². The van der Waals surface area contributed by atoms with Crippen LogP contribution < -0.4 is 10.6 Å². The highest BCUT2D eigenvalue weighted by molar-refractivity contribution is 9.09. The Hall–Kier alpha value is -1.89. The second kappa shape index (κ2) is 10.9. The van der Waals surface area contributed by atoms with Crippen molar-refractivity contribution in [2.75, 3.05) is 5.33 Å². The number of benzene rings is 1. The number of alkyl carbamates (subject to hydrolysis) is 1. The Labute approximate surface area is 156 Å². The van der Waals surface area contributed by atoms with Crippen LogP contribution in [-0.2, 0) is 20.9 Å². The summed E-state index contributed by atoms with van der Waals surface area (Å²) in [5, 5.41) is 5.37. The summed E-state index contributed by atoms with van der Waals surface area (Å²) in [6, 6.07) is 7.90. The van der Waals surface area contributed by atoms with E-state index in [9.17, 15) is 14.4 Å². The number of hydrogen-bond acceptors (Lipinski definition) is 4. The van der Waals surface area contributed by atoms with E-state index >= 15 is 0 Å². The highest BCUT2D eigenvalue weighted by Gasteiger charge is 2.25. The highest BCUT2D eigenvalue weighted by Crippen LogP contribution is 2.07. The number of rotatable bonds is 9. The Morgan fingerprint density at radius 2 is 1.72 bits per heavy atom. The normalized spacial score (nSPS) is 13.0. The zero-order chi connectivity index (χ0) is 18.8. The van der Waals surface area contributed by atoms with Gasteiger partial charge in [-0.15, -0.1) is 0 Å². The third kappa shape index (κ3) is 8.16. The SMILES string of the molecule is CC(C)C[C@H](NC(=O)OCc1ccccc1)C(=O)N[C@@H](C)C(=O)CBr. The monoisotopic (exact) mass is 412 g/mol. The maximum Gasteiger partial charge on any atom is 0.408 e. The zero-order valence-corrected chi connectivity index (χ0v) is 16.3. The van der Waals surface area contributed by atoms with Gasteiger partial charge in [0, 0.05) is 0 Å². The molecule has 138 valence electrons. The standard InChI is InChI=1S/C18H25BrN2O4/c1-12(2)9-15(17(23)20-13(3)16(22)10-19)21-18(24)25-11-14-7-5-4-6-8-14/h4-8,12-13,15H,9-11H2,1-3H3,(H,20,23)(H,21,24)/t13-,15-/m0/s1. The summed E-state index contributed by atoms with van der Waals surface area (Å²) >= 11 is 3.08. The molecule has 0 fully saturated rings. The fraction of sp³-hybridized carbons (Fsp3) is 0.500. The van der Waals surface area contributed by atoms with Crippen molar-refractivity contribution in [2.45, 2.75) is 45.9 Å². The van der Waals surface area contributed by atoms with Gasteiger partial charge >= 0.3 is 6.09 Å². The van der Waals surface area contributed by atoms with Gasteiger partial charge in [0.15, 0.2) is 5.78 Å². The van der Waals surface area contributed by atoms with Gasteiger partial charge in [0.05, 0.1) is 11.4 Å². The summed E-state index contributed by atoms with van der Waals surface area (Å²) in [4.78, 5) is 36.0. The molecule has 6 nitrogen and oxygen atoms in total. The van der Waals surface area contributed by atoms with Crippen LogP contribution in [0, 0.1) is 5.92 Å². The zero-order valence-electron chi connectivity index (χ0n) is 14.8. The smallest absolute Gasteiger partial charge is 0.408 e. The van der Waals surface area contributed by atoms with Crippen LogP contribution in [0.25, 0.3) is 0 Å². The molecule has 1 aromatic rings. The van der Waals surface area contributed by atoms with Crippen molar-refractivity contribution in [1.29, 1.82) is 0 Å². The number of halogens is 1. The van der Waals surface area contributed by atoms with Gasteiger partial charge in [-0.3, -0.25) is 9.59 Å². The molecule has 0 spiro atoms. The lowest BCUT2D eigenvalue weighted by atomic mass is 10.0. The molecule has 1 aromatic carbocycles. The Balaban J connectivity index is 2.60. The summed E-state index contributed by atoms with van der Waals surface area (Å²) < 4.78 is 5.16. The van der Waals surface area contributed by atoms with Crippen molar-refractivity contribution in [1.82, 2.24) is 10.6 Å². The number of ketones is 1. The predicted octanol–water partition coefficient (Wildman–Crippen LogP) is 2.80. The van der Waals surface area contributed by atoms with Crippen molar-refractivity contribution in [2.24, 2.45) is 5.92 Å². The molecule has 0 aliphatic rings.